The van der Waals surface area contributed by atoms with E-state index < -0.39 is 11.6 Å². The van der Waals surface area contributed by atoms with Crippen LogP contribution in [0, 0.1) is 0 Å². The molecule has 3 amide bonds. The van der Waals surface area contributed by atoms with Gasteiger partial charge in [-0.1, -0.05) is 55.5 Å². The number of likely N-dealkylation sites (tertiary alicyclic amines) is 1. The van der Waals surface area contributed by atoms with Gasteiger partial charge in [0.05, 0.1) is 0 Å². The molecule has 0 aliphatic carbocycles. The van der Waals surface area contributed by atoms with Crippen LogP contribution in [0.3, 0.4) is 0 Å². The Balaban J connectivity index is 1.26. The van der Waals surface area contributed by atoms with E-state index >= 15 is 0 Å². The molecule has 1 spiro atoms. The summed E-state index contributed by atoms with van der Waals surface area (Å²) in [6.45, 7) is 5.82. The fraction of sp³-hybridized carbons (Fsp3) is 0.500. The Labute approximate surface area is 220 Å². The Hall–Kier alpha value is -3.19. The minimum atomic E-state index is -0.726. The molecule has 2 aromatic rings. The maximum absolute atomic E-state index is 13.5. The second kappa shape index (κ2) is 12.9. The van der Waals surface area contributed by atoms with Gasteiger partial charge < -0.3 is 20.4 Å². The van der Waals surface area contributed by atoms with Crippen LogP contribution in [0.15, 0.2) is 60.7 Å². The Morgan fingerprint density at radius 1 is 0.973 bits per heavy atom. The van der Waals surface area contributed by atoms with E-state index in [9.17, 15) is 14.4 Å². The monoisotopic (exact) mass is 504 g/mol. The van der Waals surface area contributed by atoms with Crippen LogP contribution in [0.1, 0.15) is 61.4 Å². The number of nitrogens with one attached hydrogen (secondary N) is 2. The van der Waals surface area contributed by atoms with Crippen LogP contribution >= 0.6 is 0 Å². The molecule has 0 aromatic heterocycles. The average molecular weight is 505 g/mol. The van der Waals surface area contributed by atoms with Crippen LogP contribution < -0.4 is 10.6 Å². The Morgan fingerprint density at radius 3 is 2.32 bits per heavy atom. The molecular formula is C30H40N4O3. The van der Waals surface area contributed by atoms with Gasteiger partial charge in [0.2, 0.25) is 11.8 Å². The van der Waals surface area contributed by atoms with Crippen molar-refractivity contribution in [3.05, 3.63) is 71.8 Å². The predicted octanol–water partition coefficient (Wildman–Crippen LogP) is 3.40. The molecule has 198 valence electrons. The van der Waals surface area contributed by atoms with E-state index in [4.69, 9.17) is 0 Å². The minimum absolute atomic E-state index is 0.00522. The lowest BCUT2D eigenvalue weighted by atomic mass is 9.81. The van der Waals surface area contributed by atoms with E-state index in [1.54, 1.807) is 12.1 Å². The van der Waals surface area contributed by atoms with Crippen molar-refractivity contribution >= 4 is 17.7 Å². The third kappa shape index (κ3) is 6.58. The van der Waals surface area contributed by atoms with Gasteiger partial charge in [-0.3, -0.25) is 14.4 Å². The van der Waals surface area contributed by atoms with E-state index in [-0.39, 0.29) is 17.7 Å². The van der Waals surface area contributed by atoms with E-state index in [2.05, 4.69) is 46.7 Å². The molecule has 0 unspecified atom stereocenters. The lowest BCUT2D eigenvalue weighted by molar-refractivity contribution is -0.161. The van der Waals surface area contributed by atoms with Crippen molar-refractivity contribution in [3.63, 3.8) is 0 Å². The molecule has 37 heavy (non-hydrogen) atoms. The second-order valence-corrected chi connectivity index (χ2v) is 10.2. The van der Waals surface area contributed by atoms with Crippen molar-refractivity contribution < 1.29 is 14.4 Å². The topological polar surface area (TPSA) is 81.8 Å². The number of carbonyl (C=O) groups excluding carboxylic acids is 3. The van der Waals surface area contributed by atoms with Gasteiger partial charge in [-0.2, -0.15) is 0 Å². The quantitative estimate of drug-likeness (QED) is 0.460. The maximum Gasteiger partial charge on any atom is 0.251 e. The number of piperazine rings is 1. The summed E-state index contributed by atoms with van der Waals surface area (Å²) in [5.41, 5.74) is 1.24. The van der Waals surface area contributed by atoms with Crippen LogP contribution in [0.25, 0.3) is 0 Å². The number of carbonyl (C=O) groups is 3. The van der Waals surface area contributed by atoms with Gasteiger partial charge in [0.15, 0.2) is 0 Å². The van der Waals surface area contributed by atoms with Crippen LogP contribution in [0.4, 0.5) is 0 Å². The molecule has 7 nitrogen and oxygen atoms in total. The molecule has 2 N–H and O–H groups in total. The van der Waals surface area contributed by atoms with Crippen LogP contribution in [-0.2, 0) is 16.0 Å². The number of unbranched alkanes of at least 4 members (excludes halogenated alkanes) is 1. The molecule has 7 heteroatoms. The van der Waals surface area contributed by atoms with Crippen molar-refractivity contribution in [1.29, 1.82) is 0 Å². The highest BCUT2D eigenvalue weighted by atomic mass is 16.2. The van der Waals surface area contributed by atoms with Gasteiger partial charge in [-0.15, -0.1) is 0 Å². The van der Waals surface area contributed by atoms with E-state index in [0.29, 0.717) is 37.9 Å². The molecular weight excluding hydrogens is 464 g/mol. The van der Waals surface area contributed by atoms with Crippen molar-refractivity contribution in [1.82, 2.24) is 20.4 Å². The summed E-state index contributed by atoms with van der Waals surface area (Å²) >= 11 is 0. The van der Waals surface area contributed by atoms with Crippen molar-refractivity contribution in [2.75, 3.05) is 32.7 Å². The largest absolute Gasteiger partial charge is 0.352 e. The number of piperidine rings is 1. The molecule has 0 bridgehead atoms. The number of rotatable bonds is 11. The predicted molar refractivity (Wildman–Crippen MR) is 145 cm³/mol. The highest BCUT2D eigenvalue weighted by molar-refractivity contribution is 6.00. The molecule has 2 fully saturated rings. The average Bonchev–Trinajstić information content (AvgIpc) is 2.94. The molecule has 2 aliphatic heterocycles. The minimum Gasteiger partial charge on any atom is -0.352 e. The zero-order valence-electron chi connectivity index (χ0n) is 22.0. The van der Waals surface area contributed by atoms with E-state index in [1.807, 2.05) is 29.2 Å². The molecule has 1 atom stereocenters. The second-order valence-electron chi connectivity index (χ2n) is 10.2. The number of hydrogen-bond acceptors (Lipinski definition) is 4. The third-order valence-corrected chi connectivity index (χ3v) is 7.74. The van der Waals surface area contributed by atoms with Crippen molar-refractivity contribution in [3.8, 4) is 0 Å². The SMILES string of the molecule is CCCN1C(=O)[C@H](CCCCNC(=O)c2ccccc2)NC(=O)C12CCN(CCc1ccccc1)CC2. The van der Waals surface area contributed by atoms with Crippen molar-refractivity contribution in [2.24, 2.45) is 0 Å². The van der Waals surface area contributed by atoms with Gasteiger partial charge in [-0.25, -0.2) is 0 Å². The van der Waals surface area contributed by atoms with Crippen LogP contribution in [0.2, 0.25) is 0 Å². The maximum atomic E-state index is 13.5. The zero-order chi connectivity index (χ0) is 26.1. The molecule has 2 heterocycles. The summed E-state index contributed by atoms with van der Waals surface area (Å²) in [6.07, 6.45) is 5.28. The van der Waals surface area contributed by atoms with Crippen molar-refractivity contribution in [2.45, 2.75) is 63.5 Å². The van der Waals surface area contributed by atoms with E-state index in [0.717, 1.165) is 45.3 Å². The van der Waals surface area contributed by atoms with Crippen LogP contribution in [-0.4, -0.2) is 71.8 Å². The molecule has 2 saturated heterocycles. The van der Waals surface area contributed by atoms with Crippen LogP contribution in [0.5, 0.6) is 0 Å². The molecule has 4 rings (SSSR count). The molecule has 2 aliphatic rings. The fourth-order valence-corrected chi connectivity index (χ4v) is 5.56. The molecule has 0 radical (unpaired) electrons. The lowest BCUT2D eigenvalue weighted by Gasteiger charge is -2.51. The first-order chi connectivity index (χ1) is 18.0. The normalized spacial score (nSPS) is 19.6. The van der Waals surface area contributed by atoms with Gasteiger partial charge in [-0.05, 0) is 62.6 Å². The summed E-state index contributed by atoms with van der Waals surface area (Å²) in [6, 6.07) is 19.1. The van der Waals surface area contributed by atoms with Gasteiger partial charge in [0.1, 0.15) is 11.6 Å². The molecule has 2 aromatic carbocycles. The Kier molecular flexibility index (Phi) is 9.34. The van der Waals surface area contributed by atoms with Gasteiger partial charge >= 0.3 is 0 Å². The summed E-state index contributed by atoms with van der Waals surface area (Å²) in [7, 11) is 0. The standard InChI is InChI=1S/C30H40N4O3/c1-2-20-34-28(36)26(15-9-10-19-31-27(35)25-13-7-4-8-14-25)32-29(37)30(34)17-22-33(23-18-30)21-16-24-11-5-3-6-12-24/h3-8,11-14,26H,2,9-10,15-23H2,1H3,(H,31,35)(H,32,37)/t26-/m0/s1. The van der Waals surface area contributed by atoms with Gasteiger partial charge in [0, 0.05) is 38.3 Å². The Bertz CT molecular complexity index is 1040. The first-order valence-electron chi connectivity index (χ1n) is 13.8. The highest BCUT2D eigenvalue weighted by Gasteiger charge is 2.52. The van der Waals surface area contributed by atoms with Gasteiger partial charge in [0.25, 0.3) is 5.91 Å². The smallest absolute Gasteiger partial charge is 0.251 e. The first-order valence-corrected chi connectivity index (χ1v) is 13.8. The third-order valence-electron chi connectivity index (χ3n) is 7.74. The fourth-order valence-electron chi connectivity index (χ4n) is 5.56. The molecule has 0 saturated carbocycles. The highest BCUT2D eigenvalue weighted by Crippen LogP contribution is 2.34. The first kappa shape index (κ1) is 26.9. The number of benzene rings is 2. The Morgan fingerprint density at radius 2 is 1.65 bits per heavy atom. The summed E-state index contributed by atoms with van der Waals surface area (Å²) in [4.78, 5) is 43.5. The zero-order valence-corrected chi connectivity index (χ0v) is 22.0. The number of nitrogens with zero attached hydrogens (tertiary/aromatic N) is 2. The number of amides is 3. The van der Waals surface area contributed by atoms with E-state index in [1.165, 1.54) is 5.56 Å². The summed E-state index contributed by atoms with van der Waals surface area (Å²) < 4.78 is 0. The lowest BCUT2D eigenvalue weighted by Crippen LogP contribution is -2.72. The summed E-state index contributed by atoms with van der Waals surface area (Å²) in [5, 5.41) is 6.01. The summed E-state index contributed by atoms with van der Waals surface area (Å²) in [5.74, 6) is -0.0352. The number of hydrogen-bond donors (Lipinski definition) is 2.